The molecule has 1 aliphatic rings. The van der Waals surface area contributed by atoms with Crippen molar-refractivity contribution >= 4 is 29.1 Å². The van der Waals surface area contributed by atoms with Gasteiger partial charge in [0.05, 0.1) is 11.6 Å². The molecule has 12 heteroatoms. The first-order valence-electron chi connectivity index (χ1n) is 13.7. The quantitative estimate of drug-likeness (QED) is 0.274. The molecule has 3 aromatic rings. The Morgan fingerprint density at radius 2 is 1.60 bits per heavy atom. The number of likely N-dealkylation sites (tertiary alicyclic amines) is 1. The molecule has 0 saturated carbocycles. The number of urea groups is 1. The van der Waals surface area contributed by atoms with Gasteiger partial charge in [-0.05, 0) is 78.1 Å². The van der Waals surface area contributed by atoms with Gasteiger partial charge in [0, 0.05) is 41.4 Å². The Labute approximate surface area is 244 Å². The summed E-state index contributed by atoms with van der Waals surface area (Å²) >= 11 is 0. The number of carbonyl (C=O) groups excluding carboxylic acids is 2. The smallest absolute Gasteiger partial charge is 0.324 e. The minimum absolute atomic E-state index is 0.00785. The summed E-state index contributed by atoms with van der Waals surface area (Å²) in [6.45, 7) is 8.26. The Kier molecular flexibility index (Phi) is 8.86. The van der Waals surface area contributed by atoms with Crippen molar-refractivity contribution in [1.29, 1.82) is 0 Å². The van der Waals surface area contributed by atoms with Gasteiger partial charge in [-0.1, -0.05) is 5.16 Å². The van der Waals surface area contributed by atoms with Gasteiger partial charge in [-0.2, -0.15) is 0 Å². The molecule has 2 aromatic heterocycles. The zero-order valence-electron chi connectivity index (χ0n) is 24.8. The van der Waals surface area contributed by atoms with Crippen molar-refractivity contribution in [3.05, 3.63) is 60.1 Å². The molecule has 226 valence electrons. The van der Waals surface area contributed by atoms with Crippen LogP contribution >= 0.6 is 0 Å². The van der Waals surface area contributed by atoms with Gasteiger partial charge in [0.1, 0.15) is 36.7 Å². The molecule has 0 radical (unpaired) electrons. The van der Waals surface area contributed by atoms with E-state index in [9.17, 15) is 18.4 Å². The summed E-state index contributed by atoms with van der Waals surface area (Å²) in [7, 11) is 2.14. The number of carbonyl (C=O) groups is 2. The van der Waals surface area contributed by atoms with Crippen molar-refractivity contribution in [2.45, 2.75) is 70.1 Å². The standard InChI is InChI=1S/C30H38F2N6O4/c1-28(2)14-22(15-29(3,4)38(28)6)41-21-11-12-23(33-16-21)26(39)34-19-7-9-20(10-8-19)35-27(40)36-25-13-24(42-37-25)30(5,17-31)18-32/h7-13,16,22H,14-15,17-18H2,1-6H3,(H,34,39)(H2,35,36,37,40). The number of halogens is 2. The topological polar surface area (TPSA) is 122 Å². The van der Waals surface area contributed by atoms with Gasteiger partial charge in [-0.3, -0.25) is 15.0 Å². The maximum atomic E-state index is 13.2. The van der Waals surface area contributed by atoms with Crippen molar-refractivity contribution in [3.8, 4) is 5.75 Å². The second-order valence-corrected chi connectivity index (χ2v) is 12.2. The number of nitrogens with zero attached hydrogens (tertiary/aromatic N) is 3. The van der Waals surface area contributed by atoms with E-state index in [4.69, 9.17) is 9.26 Å². The van der Waals surface area contributed by atoms with Crippen LogP contribution in [-0.2, 0) is 5.41 Å². The van der Waals surface area contributed by atoms with E-state index < -0.39 is 30.7 Å². The maximum Gasteiger partial charge on any atom is 0.324 e. The lowest BCUT2D eigenvalue weighted by Gasteiger charge is -2.53. The lowest BCUT2D eigenvalue weighted by atomic mass is 9.79. The Hall–Kier alpha value is -4.06. The van der Waals surface area contributed by atoms with Gasteiger partial charge in [0.25, 0.3) is 5.91 Å². The van der Waals surface area contributed by atoms with Crippen LogP contribution in [0.4, 0.5) is 30.8 Å². The predicted molar refractivity (Wildman–Crippen MR) is 157 cm³/mol. The number of benzene rings is 1. The number of aromatic nitrogens is 2. The number of pyridine rings is 1. The van der Waals surface area contributed by atoms with E-state index in [0.29, 0.717) is 17.1 Å². The number of amides is 3. The van der Waals surface area contributed by atoms with Crippen LogP contribution in [0, 0.1) is 0 Å². The van der Waals surface area contributed by atoms with E-state index in [1.165, 1.54) is 13.0 Å². The number of rotatable bonds is 9. The van der Waals surface area contributed by atoms with Gasteiger partial charge in [0.15, 0.2) is 5.82 Å². The van der Waals surface area contributed by atoms with E-state index in [1.54, 1.807) is 42.6 Å². The fourth-order valence-electron chi connectivity index (χ4n) is 5.04. The first kappa shape index (κ1) is 30.9. The molecule has 0 atom stereocenters. The van der Waals surface area contributed by atoms with Gasteiger partial charge in [-0.15, -0.1) is 0 Å². The third-order valence-electron chi connectivity index (χ3n) is 7.88. The number of nitrogens with one attached hydrogen (secondary N) is 3. The van der Waals surface area contributed by atoms with Crippen LogP contribution in [0.15, 0.2) is 53.2 Å². The molecule has 42 heavy (non-hydrogen) atoms. The average molecular weight is 585 g/mol. The molecule has 3 amide bonds. The zero-order chi connectivity index (χ0) is 30.7. The van der Waals surface area contributed by atoms with Crippen molar-refractivity contribution < 1.29 is 27.6 Å². The fourth-order valence-corrected chi connectivity index (χ4v) is 5.04. The molecule has 0 unspecified atom stereocenters. The molecule has 3 N–H and O–H groups in total. The Morgan fingerprint density at radius 1 is 1.00 bits per heavy atom. The van der Waals surface area contributed by atoms with Crippen molar-refractivity contribution in [2.75, 3.05) is 36.3 Å². The molecule has 10 nitrogen and oxygen atoms in total. The number of ether oxygens (including phenoxy) is 1. The monoisotopic (exact) mass is 584 g/mol. The highest BCUT2D eigenvalue weighted by Crippen LogP contribution is 2.38. The van der Waals surface area contributed by atoms with Crippen molar-refractivity contribution in [2.24, 2.45) is 0 Å². The molecular weight excluding hydrogens is 546 g/mol. The number of hydrogen-bond acceptors (Lipinski definition) is 7. The Bertz CT molecular complexity index is 1370. The Morgan fingerprint density at radius 3 is 2.14 bits per heavy atom. The molecular formula is C30H38F2N6O4. The molecule has 1 saturated heterocycles. The highest BCUT2D eigenvalue weighted by atomic mass is 19.1. The first-order chi connectivity index (χ1) is 19.7. The van der Waals surface area contributed by atoms with E-state index in [0.717, 1.165) is 12.8 Å². The van der Waals surface area contributed by atoms with E-state index in [1.807, 2.05) is 0 Å². The second kappa shape index (κ2) is 12.0. The third-order valence-corrected chi connectivity index (χ3v) is 7.88. The van der Waals surface area contributed by atoms with Crippen molar-refractivity contribution in [1.82, 2.24) is 15.0 Å². The highest BCUT2D eigenvalue weighted by Gasteiger charge is 2.44. The normalized spacial score (nSPS) is 17.0. The summed E-state index contributed by atoms with van der Waals surface area (Å²) in [5.74, 6) is 0.228. The lowest BCUT2D eigenvalue weighted by Crippen LogP contribution is -2.60. The van der Waals surface area contributed by atoms with E-state index in [2.05, 4.69) is 65.7 Å². The number of piperidine rings is 1. The largest absolute Gasteiger partial charge is 0.489 e. The summed E-state index contributed by atoms with van der Waals surface area (Å²) < 4.78 is 37.6. The predicted octanol–water partition coefficient (Wildman–Crippen LogP) is 6.19. The van der Waals surface area contributed by atoms with Gasteiger partial charge in [-0.25, -0.2) is 18.6 Å². The van der Waals surface area contributed by atoms with E-state index in [-0.39, 0.29) is 34.5 Å². The van der Waals surface area contributed by atoms with Gasteiger partial charge in [0.2, 0.25) is 0 Å². The second-order valence-electron chi connectivity index (χ2n) is 12.2. The highest BCUT2D eigenvalue weighted by molar-refractivity contribution is 6.03. The van der Waals surface area contributed by atoms with Crippen molar-refractivity contribution in [3.63, 3.8) is 0 Å². The maximum absolute atomic E-state index is 13.2. The van der Waals surface area contributed by atoms with Crippen LogP contribution in [0.25, 0.3) is 0 Å². The number of anilines is 3. The van der Waals surface area contributed by atoms with Crippen LogP contribution in [0.1, 0.15) is 63.7 Å². The number of alkyl halides is 2. The molecule has 1 aromatic carbocycles. The van der Waals surface area contributed by atoms with Crippen LogP contribution in [0.5, 0.6) is 5.75 Å². The van der Waals surface area contributed by atoms with Crippen LogP contribution in [0.2, 0.25) is 0 Å². The molecule has 1 fully saturated rings. The molecule has 0 spiro atoms. The van der Waals surface area contributed by atoms with Crippen LogP contribution < -0.4 is 20.7 Å². The van der Waals surface area contributed by atoms with Gasteiger partial charge >= 0.3 is 6.03 Å². The molecule has 4 rings (SSSR count). The first-order valence-corrected chi connectivity index (χ1v) is 13.7. The fraction of sp³-hybridized carbons (Fsp3) is 0.467. The summed E-state index contributed by atoms with van der Waals surface area (Å²) in [5.41, 5.74) is -0.307. The number of hydrogen-bond donors (Lipinski definition) is 3. The third kappa shape index (κ3) is 7.04. The molecule has 1 aliphatic heterocycles. The summed E-state index contributed by atoms with van der Waals surface area (Å²) in [4.78, 5) is 31.7. The van der Waals surface area contributed by atoms with E-state index >= 15 is 0 Å². The zero-order valence-corrected chi connectivity index (χ0v) is 24.8. The minimum Gasteiger partial charge on any atom is -0.489 e. The minimum atomic E-state index is -1.46. The molecule has 0 bridgehead atoms. The van der Waals surface area contributed by atoms with Crippen LogP contribution in [-0.4, -0.2) is 64.6 Å². The average Bonchev–Trinajstić information content (AvgIpc) is 3.41. The summed E-state index contributed by atoms with van der Waals surface area (Å²) in [6, 6.07) is 10.5. The van der Waals surface area contributed by atoms with Crippen LogP contribution in [0.3, 0.4) is 0 Å². The molecule has 3 heterocycles. The molecule has 0 aliphatic carbocycles. The SMILES string of the molecule is CN1C(C)(C)CC(Oc2ccc(C(=O)Nc3ccc(NC(=O)Nc4cc(C(C)(CF)CF)on4)cc3)nc2)CC1(C)C. The summed E-state index contributed by atoms with van der Waals surface area (Å²) in [6.07, 6.45) is 3.35. The van der Waals surface area contributed by atoms with Gasteiger partial charge < -0.3 is 19.9 Å². The lowest BCUT2D eigenvalue weighted by molar-refractivity contribution is -0.0557. The summed E-state index contributed by atoms with van der Waals surface area (Å²) in [5, 5.41) is 11.5. The Balaban J connectivity index is 1.28.